The monoisotopic (exact) mass is 317 g/mol. The second-order valence-electron chi connectivity index (χ2n) is 5.91. The fourth-order valence-electron chi connectivity index (χ4n) is 2.54. The largest absolute Gasteiger partial charge is 0.385 e. The highest BCUT2D eigenvalue weighted by molar-refractivity contribution is 5.23. The van der Waals surface area contributed by atoms with Crippen LogP contribution < -0.4 is 5.32 Å². The van der Waals surface area contributed by atoms with Gasteiger partial charge in [-0.05, 0) is 36.6 Å². The van der Waals surface area contributed by atoms with E-state index in [1.165, 1.54) is 12.1 Å². The van der Waals surface area contributed by atoms with Crippen LogP contribution in [0.2, 0.25) is 0 Å². The standard InChI is InChI=1S/C19H24FNO2/c1-19(22,16-6-4-3-5-7-16)14-21-18(12-13-23-2)15-8-10-17(20)11-9-15/h3-11,18,21-22H,12-14H2,1-2H3. The van der Waals surface area contributed by atoms with Gasteiger partial charge in [0, 0.05) is 26.3 Å². The van der Waals surface area contributed by atoms with Crippen molar-refractivity contribution in [3.8, 4) is 0 Å². The van der Waals surface area contributed by atoms with E-state index in [0.29, 0.717) is 13.2 Å². The van der Waals surface area contributed by atoms with Gasteiger partial charge in [-0.15, -0.1) is 0 Å². The maximum atomic E-state index is 13.1. The highest BCUT2D eigenvalue weighted by Crippen LogP contribution is 2.23. The van der Waals surface area contributed by atoms with Crippen molar-refractivity contribution in [1.82, 2.24) is 5.32 Å². The molecule has 0 aliphatic rings. The van der Waals surface area contributed by atoms with Gasteiger partial charge in [-0.2, -0.15) is 0 Å². The lowest BCUT2D eigenvalue weighted by Crippen LogP contribution is -2.37. The maximum Gasteiger partial charge on any atom is 0.123 e. The Kier molecular flexibility index (Phi) is 6.28. The van der Waals surface area contributed by atoms with Crippen molar-refractivity contribution in [2.24, 2.45) is 0 Å². The average molecular weight is 317 g/mol. The van der Waals surface area contributed by atoms with Gasteiger partial charge >= 0.3 is 0 Å². The van der Waals surface area contributed by atoms with E-state index in [9.17, 15) is 9.50 Å². The molecule has 2 aromatic carbocycles. The van der Waals surface area contributed by atoms with Gasteiger partial charge in [-0.1, -0.05) is 42.5 Å². The fourth-order valence-corrected chi connectivity index (χ4v) is 2.54. The van der Waals surface area contributed by atoms with E-state index in [1.807, 2.05) is 30.3 Å². The Morgan fingerprint density at radius 2 is 1.78 bits per heavy atom. The Balaban J connectivity index is 2.07. The summed E-state index contributed by atoms with van der Waals surface area (Å²) >= 11 is 0. The fraction of sp³-hybridized carbons (Fsp3) is 0.368. The second kappa shape index (κ2) is 8.20. The topological polar surface area (TPSA) is 41.5 Å². The first-order chi connectivity index (χ1) is 11.0. The lowest BCUT2D eigenvalue weighted by atomic mass is 9.95. The SMILES string of the molecule is COCCC(NCC(C)(O)c1ccccc1)c1ccc(F)cc1. The van der Waals surface area contributed by atoms with E-state index < -0.39 is 5.60 Å². The molecule has 2 N–H and O–H groups in total. The summed E-state index contributed by atoms with van der Waals surface area (Å²) in [6.07, 6.45) is 0.743. The zero-order valence-electron chi connectivity index (χ0n) is 13.6. The number of benzene rings is 2. The summed E-state index contributed by atoms with van der Waals surface area (Å²) in [6, 6.07) is 16.0. The van der Waals surface area contributed by atoms with E-state index in [1.54, 1.807) is 26.2 Å². The van der Waals surface area contributed by atoms with Crippen molar-refractivity contribution in [2.45, 2.75) is 25.0 Å². The van der Waals surface area contributed by atoms with E-state index in [4.69, 9.17) is 4.74 Å². The molecule has 124 valence electrons. The van der Waals surface area contributed by atoms with Crippen LogP contribution in [0.15, 0.2) is 54.6 Å². The third kappa shape index (κ3) is 5.13. The number of hydrogen-bond donors (Lipinski definition) is 2. The zero-order chi connectivity index (χ0) is 16.7. The third-order valence-electron chi connectivity index (χ3n) is 3.97. The molecule has 0 aromatic heterocycles. The van der Waals surface area contributed by atoms with Crippen LogP contribution >= 0.6 is 0 Å². The van der Waals surface area contributed by atoms with Crippen LogP contribution in [0.1, 0.15) is 30.5 Å². The quantitative estimate of drug-likeness (QED) is 0.784. The van der Waals surface area contributed by atoms with Gasteiger partial charge in [0.25, 0.3) is 0 Å². The summed E-state index contributed by atoms with van der Waals surface area (Å²) in [5.41, 5.74) is 0.858. The Labute approximate surface area is 137 Å². The minimum atomic E-state index is -0.980. The van der Waals surface area contributed by atoms with E-state index in [2.05, 4.69) is 5.32 Å². The predicted octanol–water partition coefficient (Wildman–Crippen LogP) is 3.40. The second-order valence-corrected chi connectivity index (χ2v) is 5.91. The molecule has 23 heavy (non-hydrogen) atoms. The smallest absolute Gasteiger partial charge is 0.123 e. The molecule has 0 heterocycles. The van der Waals surface area contributed by atoms with Crippen LogP contribution in [0.4, 0.5) is 4.39 Å². The van der Waals surface area contributed by atoms with E-state index in [0.717, 1.165) is 17.5 Å². The summed E-state index contributed by atoms with van der Waals surface area (Å²) in [5, 5.41) is 14.1. The van der Waals surface area contributed by atoms with Crippen molar-refractivity contribution < 1.29 is 14.2 Å². The number of nitrogens with one attached hydrogen (secondary N) is 1. The molecule has 0 aliphatic carbocycles. The molecule has 2 unspecified atom stereocenters. The van der Waals surface area contributed by atoms with Crippen LogP contribution in [0.3, 0.4) is 0 Å². The molecule has 4 heteroatoms. The number of aliphatic hydroxyl groups is 1. The number of methoxy groups -OCH3 is 1. The summed E-state index contributed by atoms with van der Waals surface area (Å²) in [5.74, 6) is -0.254. The summed E-state index contributed by atoms with van der Waals surface area (Å²) in [4.78, 5) is 0. The minimum absolute atomic E-state index is 0.00858. The molecule has 0 bridgehead atoms. The summed E-state index contributed by atoms with van der Waals surface area (Å²) in [7, 11) is 1.65. The Morgan fingerprint density at radius 3 is 2.39 bits per heavy atom. The van der Waals surface area contributed by atoms with Gasteiger partial charge in [0.05, 0.1) is 5.60 Å². The molecule has 0 saturated heterocycles. The first-order valence-corrected chi connectivity index (χ1v) is 7.78. The molecular formula is C19H24FNO2. The number of ether oxygens (including phenoxy) is 1. The van der Waals surface area contributed by atoms with Crippen molar-refractivity contribution in [3.63, 3.8) is 0 Å². The van der Waals surface area contributed by atoms with Gasteiger partial charge in [-0.25, -0.2) is 4.39 Å². The molecule has 3 nitrogen and oxygen atoms in total. The molecule has 2 rings (SSSR count). The van der Waals surface area contributed by atoms with Crippen molar-refractivity contribution in [2.75, 3.05) is 20.3 Å². The number of rotatable bonds is 8. The van der Waals surface area contributed by atoms with Crippen LogP contribution in [-0.2, 0) is 10.3 Å². The van der Waals surface area contributed by atoms with Gasteiger partial charge in [-0.3, -0.25) is 0 Å². The van der Waals surface area contributed by atoms with Crippen LogP contribution in [-0.4, -0.2) is 25.4 Å². The van der Waals surface area contributed by atoms with E-state index >= 15 is 0 Å². The van der Waals surface area contributed by atoms with Gasteiger partial charge in [0.1, 0.15) is 5.82 Å². The molecule has 0 spiro atoms. The Bertz CT molecular complexity index is 584. The van der Waals surface area contributed by atoms with Crippen molar-refractivity contribution in [3.05, 3.63) is 71.5 Å². The van der Waals surface area contributed by atoms with Crippen LogP contribution in [0.5, 0.6) is 0 Å². The Hall–Kier alpha value is -1.75. The first-order valence-electron chi connectivity index (χ1n) is 7.78. The molecular weight excluding hydrogens is 293 g/mol. The van der Waals surface area contributed by atoms with Crippen LogP contribution in [0.25, 0.3) is 0 Å². The third-order valence-corrected chi connectivity index (χ3v) is 3.97. The highest BCUT2D eigenvalue weighted by atomic mass is 19.1. The molecule has 0 fully saturated rings. The number of halogens is 1. The Morgan fingerprint density at radius 1 is 1.13 bits per heavy atom. The molecule has 0 radical (unpaired) electrons. The molecule has 0 aliphatic heterocycles. The zero-order valence-corrected chi connectivity index (χ0v) is 13.6. The normalized spacial score (nSPS) is 15.1. The molecule has 0 amide bonds. The van der Waals surface area contributed by atoms with Crippen molar-refractivity contribution >= 4 is 0 Å². The first kappa shape index (κ1) is 17.6. The predicted molar refractivity (Wildman–Crippen MR) is 89.6 cm³/mol. The van der Waals surface area contributed by atoms with Gasteiger partial charge < -0.3 is 15.2 Å². The molecule has 2 aromatic rings. The maximum absolute atomic E-state index is 13.1. The average Bonchev–Trinajstić information content (AvgIpc) is 2.57. The van der Waals surface area contributed by atoms with Gasteiger partial charge in [0.15, 0.2) is 0 Å². The van der Waals surface area contributed by atoms with Gasteiger partial charge in [0.2, 0.25) is 0 Å². The molecule has 0 saturated carbocycles. The lowest BCUT2D eigenvalue weighted by Gasteiger charge is -2.28. The van der Waals surface area contributed by atoms with Crippen LogP contribution in [0, 0.1) is 5.82 Å². The summed E-state index contributed by atoms with van der Waals surface area (Å²) in [6.45, 7) is 2.76. The van der Waals surface area contributed by atoms with E-state index in [-0.39, 0.29) is 11.9 Å². The summed E-state index contributed by atoms with van der Waals surface area (Å²) < 4.78 is 18.3. The lowest BCUT2D eigenvalue weighted by molar-refractivity contribution is 0.0520. The minimum Gasteiger partial charge on any atom is -0.385 e. The van der Waals surface area contributed by atoms with Crippen molar-refractivity contribution in [1.29, 1.82) is 0 Å². The molecule has 2 atom stereocenters. The highest BCUT2D eigenvalue weighted by Gasteiger charge is 2.24. The number of hydrogen-bond acceptors (Lipinski definition) is 3.